The van der Waals surface area contributed by atoms with E-state index >= 15 is 0 Å². The fraction of sp³-hybridized carbons (Fsp3) is 1.00. The van der Waals surface area contributed by atoms with E-state index in [0.717, 1.165) is 25.9 Å². The Hall–Kier alpha value is -0.290. The fourth-order valence-corrected chi connectivity index (χ4v) is 2.72. The van der Waals surface area contributed by atoms with Gasteiger partial charge in [-0.25, -0.2) is 0 Å². The molecule has 0 aromatic heterocycles. The van der Waals surface area contributed by atoms with Gasteiger partial charge in [0.15, 0.2) is 0 Å². The molecule has 2 aliphatic rings. The smallest absolute Gasteiger partial charge is 0.312 e. The van der Waals surface area contributed by atoms with Crippen molar-refractivity contribution in [1.82, 2.24) is 10.2 Å². The third-order valence-corrected chi connectivity index (χ3v) is 3.42. The van der Waals surface area contributed by atoms with E-state index in [1.807, 2.05) is 0 Å². The summed E-state index contributed by atoms with van der Waals surface area (Å²) in [5.74, 6) is 0. The molecule has 0 radical (unpaired) electrons. The molecule has 2 rings (SSSR count). The number of hydrogen-bond acceptors (Lipinski definition) is 2. The lowest BCUT2D eigenvalue weighted by Gasteiger charge is -2.21. The van der Waals surface area contributed by atoms with Gasteiger partial charge in [-0.1, -0.05) is 0 Å². The molecule has 2 atom stereocenters. The highest BCUT2D eigenvalue weighted by molar-refractivity contribution is 4.95. The minimum absolute atomic E-state index is 0.0680. The Balaban J connectivity index is 1.71. The molecule has 5 heteroatoms. The first-order chi connectivity index (χ1) is 7.06. The number of rotatable bonds is 3. The molecular weight excluding hydrogens is 205 g/mol. The van der Waals surface area contributed by atoms with Crippen molar-refractivity contribution in [3.05, 3.63) is 0 Å². The standard InChI is InChI=1S/C10H17F3N2/c11-10(12,13)4-5-14-8-3-7-15-6-1-2-9(8)15/h8-9,14H,1-7H2. The second-order valence-electron chi connectivity index (χ2n) is 4.46. The zero-order chi connectivity index (χ0) is 10.9. The van der Waals surface area contributed by atoms with Crippen LogP contribution in [0.15, 0.2) is 0 Å². The SMILES string of the molecule is FC(F)(F)CCNC1CCN2CCCC12. The Kier molecular flexibility index (Phi) is 3.21. The highest BCUT2D eigenvalue weighted by Crippen LogP contribution is 2.28. The van der Waals surface area contributed by atoms with Crippen molar-refractivity contribution in [3.8, 4) is 0 Å². The molecule has 0 amide bonds. The molecule has 0 aromatic rings. The van der Waals surface area contributed by atoms with Crippen molar-refractivity contribution in [3.63, 3.8) is 0 Å². The van der Waals surface area contributed by atoms with E-state index in [1.165, 1.54) is 6.42 Å². The van der Waals surface area contributed by atoms with Crippen LogP contribution >= 0.6 is 0 Å². The van der Waals surface area contributed by atoms with Crippen LogP contribution in [0.3, 0.4) is 0 Å². The van der Waals surface area contributed by atoms with Crippen LogP contribution in [-0.4, -0.2) is 42.8 Å². The first-order valence-corrected chi connectivity index (χ1v) is 5.60. The zero-order valence-electron chi connectivity index (χ0n) is 8.69. The second kappa shape index (κ2) is 4.29. The van der Waals surface area contributed by atoms with Crippen molar-refractivity contribution in [1.29, 1.82) is 0 Å². The van der Waals surface area contributed by atoms with Gasteiger partial charge in [0, 0.05) is 25.2 Å². The number of alkyl halides is 3. The largest absolute Gasteiger partial charge is 0.390 e. The minimum Gasteiger partial charge on any atom is -0.312 e. The minimum atomic E-state index is -4.03. The summed E-state index contributed by atoms with van der Waals surface area (Å²) in [7, 11) is 0. The zero-order valence-corrected chi connectivity index (χ0v) is 8.69. The van der Waals surface area contributed by atoms with E-state index < -0.39 is 12.6 Å². The Morgan fingerprint density at radius 1 is 1.20 bits per heavy atom. The molecule has 15 heavy (non-hydrogen) atoms. The van der Waals surface area contributed by atoms with E-state index in [-0.39, 0.29) is 12.6 Å². The van der Waals surface area contributed by atoms with Gasteiger partial charge in [0.2, 0.25) is 0 Å². The molecule has 2 heterocycles. The summed E-state index contributed by atoms with van der Waals surface area (Å²) in [5, 5.41) is 3.05. The maximum atomic E-state index is 11.9. The van der Waals surface area contributed by atoms with Crippen LogP contribution in [0.4, 0.5) is 13.2 Å². The number of nitrogens with one attached hydrogen (secondary N) is 1. The highest BCUT2D eigenvalue weighted by atomic mass is 19.4. The average molecular weight is 222 g/mol. The lowest BCUT2D eigenvalue weighted by Crippen LogP contribution is -2.40. The maximum absolute atomic E-state index is 11.9. The Morgan fingerprint density at radius 3 is 2.73 bits per heavy atom. The van der Waals surface area contributed by atoms with Crippen LogP contribution in [0.1, 0.15) is 25.7 Å². The summed E-state index contributed by atoms with van der Waals surface area (Å²) >= 11 is 0. The van der Waals surface area contributed by atoms with Crippen LogP contribution in [0.5, 0.6) is 0 Å². The second-order valence-corrected chi connectivity index (χ2v) is 4.46. The van der Waals surface area contributed by atoms with Gasteiger partial charge in [-0.2, -0.15) is 13.2 Å². The van der Waals surface area contributed by atoms with Crippen LogP contribution in [0.25, 0.3) is 0 Å². The van der Waals surface area contributed by atoms with E-state index in [0.29, 0.717) is 6.04 Å². The molecule has 0 saturated carbocycles. The number of nitrogens with zero attached hydrogens (tertiary/aromatic N) is 1. The predicted molar refractivity (Wildman–Crippen MR) is 51.7 cm³/mol. The summed E-state index contributed by atoms with van der Waals surface area (Å²) in [4.78, 5) is 2.39. The summed E-state index contributed by atoms with van der Waals surface area (Å²) < 4.78 is 35.8. The monoisotopic (exact) mass is 222 g/mol. The molecular formula is C10H17F3N2. The number of fused-ring (bicyclic) bond motifs is 1. The lowest BCUT2D eigenvalue weighted by molar-refractivity contribution is -0.133. The summed E-state index contributed by atoms with van der Waals surface area (Å²) in [6, 6.07) is 0.785. The number of halogens is 3. The third-order valence-electron chi connectivity index (χ3n) is 3.42. The molecule has 1 N–H and O–H groups in total. The fourth-order valence-electron chi connectivity index (χ4n) is 2.72. The summed E-state index contributed by atoms with van der Waals surface area (Å²) in [6.45, 7) is 2.25. The number of hydrogen-bond donors (Lipinski definition) is 1. The highest BCUT2D eigenvalue weighted by Gasteiger charge is 2.37. The normalized spacial score (nSPS) is 32.2. The quantitative estimate of drug-likeness (QED) is 0.782. The van der Waals surface area contributed by atoms with E-state index in [9.17, 15) is 13.2 Å². The molecule has 0 bridgehead atoms. The van der Waals surface area contributed by atoms with E-state index in [2.05, 4.69) is 10.2 Å². The molecule has 2 fully saturated rings. The van der Waals surface area contributed by atoms with Crippen LogP contribution in [-0.2, 0) is 0 Å². The molecule has 2 aliphatic heterocycles. The van der Waals surface area contributed by atoms with Gasteiger partial charge in [-0.05, 0) is 25.8 Å². The summed E-state index contributed by atoms with van der Waals surface area (Å²) in [5.41, 5.74) is 0. The van der Waals surface area contributed by atoms with Gasteiger partial charge in [0.05, 0.1) is 6.42 Å². The topological polar surface area (TPSA) is 15.3 Å². The van der Waals surface area contributed by atoms with Gasteiger partial charge in [0.25, 0.3) is 0 Å². The Labute approximate surface area is 87.8 Å². The Morgan fingerprint density at radius 2 is 2.00 bits per heavy atom. The van der Waals surface area contributed by atoms with Gasteiger partial charge in [-0.15, -0.1) is 0 Å². The van der Waals surface area contributed by atoms with Crippen molar-refractivity contribution < 1.29 is 13.2 Å². The van der Waals surface area contributed by atoms with E-state index in [1.54, 1.807) is 0 Å². The van der Waals surface area contributed by atoms with Crippen LogP contribution in [0, 0.1) is 0 Å². The van der Waals surface area contributed by atoms with Gasteiger partial charge in [0.1, 0.15) is 0 Å². The first kappa shape index (κ1) is 11.2. The predicted octanol–water partition coefficient (Wildman–Crippen LogP) is 1.77. The Bertz CT molecular complexity index is 217. The third kappa shape index (κ3) is 2.84. The van der Waals surface area contributed by atoms with Gasteiger partial charge in [-0.3, -0.25) is 4.90 Å². The first-order valence-electron chi connectivity index (χ1n) is 5.60. The van der Waals surface area contributed by atoms with Gasteiger partial charge >= 0.3 is 6.18 Å². The molecule has 88 valence electrons. The lowest BCUT2D eigenvalue weighted by atomic mass is 10.1. The van der Waals surface area contributed by atoms with Crippen molar-refractivity contribution in [2.75, 3.05) is 19.6 Å². The van der Waals surface area contributed by atoms with Crippen molar-refractivity contribution >= 4 is 0 Å². The molecule has 2 nitrogen and oxygen atoms in total. The molecule has 0 spiro atoms. The van der Waals surface area contributed by atoms with Crippen molar-refractivity contribution in [2.24, 2.45) is 0 Å². The summed E-state index contributed by atoms with van der Waals surface area (Å²) in [6.07, 6.45) is -1.40. The van der Waals surface area contributed by atoms with Crippen LogP contribution < -0.4 is 5.32 Å². The molecule has 0 aromatic carbocycles. The van der Waals surface area contributed by atoms with Crippen LogP contribution in [0.2, 0.25) is 0 Å². The van der Waals surface area contributed by atoms with Crippen molar-refractivity contribution in [2.45, 2.75) is 43.9 Å². The maximum Gasteiger partial charge on any atom is 0.390 e. The molecule has 2 unspecified atom stereocenters. The van der Waals surface area contributed by atoms with Gasteiger partial charge < -0.3 is 5.32 Å². The molecule has 0 aliphatic carbocycles. The average Bonchev–Trinajstić information content (AvgIpc) is 2.66. The molecule has 2 saturated heterocycles. The van der Waals surface area contributed by atoms with E-state index in [4.69, 9.17) is 0 Å².